The number of hydrogen-bond acceptors (Lipinski definition) is 4. The van der Waals surface area contributed by atoms with E-state index in [4.69, 9.17) is 0 Å². The number of nitrogens with one attached hydrogen (secondary N) is 2. The fraction of sp³-hybridized carbons (Fsp3) is 0.278. The Kier molecular flexibility index (Phi) is 5.86. The zero-order chi connectivity index (χ0) is 16.7. The molecule has 0 atom stereocenters. The highest BCUT2D eigenvalue weighted by atomic mass is 16.1. The molecule has 2 rings (SSSR count). The first-order chi connectivity index (χ1) is 11.1. The summed E-state index contributed by atoms with van der Waals surface area (Å²) in [7, 11) is 0. The molecule has 0 bridgehead atoms. The maximum absolute atomic E-state index is 12.3. The third-order valence-electron chi connectivity index (χ3n) is 3.41. The number of carbonyl (C=O) groups is 2. The smallest absolute Gasteiger partial charge is 0.255 e. The van der Waals surface area contributed by atoms with Crippen LogP contribution < -0.4 is 10.6 Å². The summed E-state index contributed by atoms with van der Waals surface area (Å²) in [5.41, 5.74) is 1.81. The molecule has 1 heterocycles. The quantitative estimate of drug-likeness (QED) is 0.603. The van der Waals surface area contributed by atoms with Crippen LogP contribution in [0.1, 0.15) is 47.4 Å². The van der Waals surface area contributed by atoms with E-state index in [0.717, 1.165) is 19.4 Å². The second kappa shape index (κ2) is 8.08. The van der Waals surface area contributed by atoms with Crippen molar-refractivity contribution >= 4 is 23.2 Å². The van der Waals surface area contributed by atoms with E-state index in [1.165, 1.54) is 6.92 Å². The largest absolute Gasteiger partial charge is 0.370 e. The molecule has 0 radical (unpaired) electrons. The number of unbranched alkanes of at least 4 members (excludes halogenated alkanes) is 1. The van der Waals surface area contributed by atoms with Gasteiger partial charge in [0.05, 0.1) is 0 Å². The van der Waals surface area contributed by atoms with Crippen molar-refractivity contribution in [2.75, 3.05) is 17.2 Å². The van der Waals surface area contributed by atoms with Gasteiger partial charge in [0.25, 0.3) is 5.91 Å². The van der Waals surface area contributed by atoms with Crippen LogP contribution in [-0.4, -0.2) is 23.2 Å². The maximum Gasteiger partial charge on any atom is 0.255 e. The van der Waals surface area contributed by atoms with Gasteiger partial charge in [-0.15, -0.1) is 0 Å². The van der Waals surface area contributed by atoms with Crippen LogP contribution in [0, 0.1) is 0 Å². The molecule has 2 aromatic rings. The van der Waals surface area contributed by atoms with Gasteiger partial charge >= 0.3 is 0 Å². The molecule has 1 aromatic carbocycles. The van der Waals surface area contributed by atoms with E-state index in [-0.39, 0.29) is 11.7 Å². The van der Waals surface area contributed by atoms with Crippen LogP contribution in [0.15, 0.2) is 42.6 Å². The average molecular weight is 311 g/mol. The number of carbonyl (C=O) groups excluding carboxylic acids is 2. The summed E-state index contributed by atoms with van der Waals surface area (Å²) in [5, 5.41) is 6.01. The lowest BCUT2D eigenvalue weighted by Gasteiger charge is -2.08. The number of benzene rings is 1. The van der Waals surface area contributed by atoms with E-state index < -0.39 is 0 Å². The Morgan fingerprint density at radius 3 is 2.48 bits per heavy atom. The lowest BCUT2D eigenvalue weighted by molar-refractivity contribution is 0.101. The maximum atomic E-state index is 12.3. The van der Waals surface area contributed by atoms with Gasteiger partial charge in [-0.1, -0.05) is 13.3 Å². The highest BCUT2D eigenvalue weighted by molar-refractivity contribution is 6.05. The molecule has 0 aliphatic heterocycles. The SMILES string of the molecule is CCCCNc1cc(C(=O)Nc2ccc(C(C)=O)cc2)ccn1. The Morgan fingerprint density at radius 1 is 1.09 bits per heavy atom. The van der Waals surface area contributed by atoms with Gasteiger partial charge in [0.2, 0.25) is 0 Å². The first-order valence-electron chi connectivity index (χ1n) is 7.72. The number of hydrogen-bond donors (Lipinski definition) is 2. The van der Waals surface area contributed by atoms with Crippen LogP contribution in [-0.2, 0) is 0 Å². The summed E-state index contributed by atoms with van der Waals surface area (Å²) in [5.74, 6) is 0.486. The molecule has 5 nitrogen and oxygen atoms in total. The first kappa shape index (κ1) is 16.7. The number of Topliss-reactive ketones (excluding diaryl/α,β-unsaturated/α-hetero) is 1. The van der Waals surface area contributed by atoms with Crippen molar-refractivity contribution in [2.24, 2.45) is 0 Å². The molecule has 120 valence electrons. The van der Waals surface area contributed by atoms with Gasteiger partial charge in [-0.3, -0.25) is 9.59 Å². The minimum atomic E-state index is -0.207. The van der Waals surface area contributed by atoms with Crippen molar-refractivity contribution in [3.8, 4) is 0 Å². The third-order valence-corrected chi connectivity index (χ3v) is 3.41. The molecule has 0 aliphatic rings. The molecule has 2 N–H and O–H groups in total. The molecule has 1 amide bonds. The second-order valence-corrected chi connectivity index (χ2v) is 5.30. The molecular formula is C18H21N3O2. The summed E-state index contributed by atoms with van der Waals surface area (Å²) in [6.07, 6.45) is 3.77. The molecule has 0 fully saturated rings. The summed E-state index contributed by atoms with van der Waals surface area (Å²) < 4.78 is 0. The fourth-order valence-corrected chi connectivity index (χ4v) is 2.05. The normalized spacial score (nSPS) is 10.2. The summed E-state index contributed by atoms with van der Waals surface area (Å²) >= 11 is 0. The van der Waals surface area contributed by atoms with Gasteiger partial charge < -0.3 is 10.6 Å². The van der Waals surface area contributed by atoms with Gasteiger partial charge in [0, 0.05) is 29.6 Å². The van der Waals surface area contributed by atoms with Crippen LogP contribution in [0.25, 0.3) is 0 Å². The summed E-state index contributed by atoms with van der Waals surface area (Å²) in [4.78, 5) is 27.7. The number of ketones is 1. The van der Waals surface area contributed by atoms with Crippen LogP contribution in [0.4, 0.5) is 11.5 Å². The predicted octanol–water partition coefficient (Wildman–Crippen LogP) is 3.75. The molecule has 0 saturated carbocycles. The monoisotopic (exact) mass is 311 g/mol. The van der Waals surface area contributed by atoms with Gasteiger partial charge in [-0.25, -0.2) is 4.98 Å². The molecule has 0 unspecified atom stereocenters. The third kappa shape index (κ3) is 4.92. The zero-order valence-corrected chi connectivity index (χ0v) is 13.4. The number of anilines is 2. The Morgan fingerprint density at radius 2 is 1.83 bits per heavy atom. The lowest BCUT2D eigenvalue weighted by atomic mass is 10.1. The highest BCUT2D eigenvalue weighted by Gasteiger charge is 2.08. The average Bonchev–Trinajstić information content (AvgIpc) is 2.56. The minimum absolute atomic E-state index is 0.000180. The fourth-order valence-electron chi connectivity index (χ4n) is 2.05. The van der Waals surface area contributed by atoms with Gasteiger partial charge in [0.15, 0.2) is 5.78 Å². The number of rotatable bonds is 7. The lowest BCUT2D eigenvalue weighted by Crippen LogP contribution is -2.13. The van der Waals surface area contributed by atoms with Crippen molar-refractivity contribution in [3.05, 3.63) is 53.7 Å². The summed E-state index contributed by atoms with van der Waals surface area (Å²) in [6, 6.07) is 10.2. The summed E-state index contributed by atoms with van der Waals surface area (Å²) in [6.45, 7) is 4.47. The predicted molar refractivity (Wildman–Crippen MR) is 92.0 cm³/mol. The number of nitrogens with zero attached hydrogens (tertiary/aromatic N) is 1. The topological polar surface area (TPSA) is 71.1 Å². The van der Waals surface area contributed by atoms with E-state index in [1.807, 2.05) is 0 Å². The number of amides is 1. The van der Waals surface area contributed by atoms with Crippen molar-refractivity contribution in [1.29, 1.82) is 0 Å². The Bertz CT molecular complexity index is 681. The van der Waals surface area contributed by atoms with Crippen LogP contribution in [0.3, 0.4) is 0 Å². The highest BCUT2D eigenvalue weighted by Crippen LogP contribution is 2.13. The molecule has 0 saturated heterocycles. The first-order valence-corrected chi connectivity index (χ1v) is 7.72. The Balaban J connectivity index is 2.02. The van der Waals surface area contributed by atoms with Gasteiger partial charge in [0.1, 0.15) is 5.82 Å². The Labute approximate surface area is 136 Å². The zero-order valence-electron chi connectivity index (χ0n) is 13.4. The van der Waals surface area contributed by atoms with Crippen molar-refractivity contribution < 1.29 is 9.59 Å². The van der Waals surface area contributed by atoms with Gasteiger partial charge in [-0.2, -0.15) is 0 Å². The van der Waals surface area contributed by atoms with Gasteiger partial charge in [-0.05, 0) is 49.7 Å². The van der Waals surface area contributed by atoms with Crippen molar-refractivity contribution in [2.45, 2.75) is 26.7 Å². The van der Waals surface area contributed by atoms with Crippen molar-refractivity contribution in [1.82, 2.24) is 4.98 Å². The number of aromatic nitrogens is 1. The Hall–Kier alpha value is -2.69. The van der Waals surface area contributed by atoms with E-state index in [2.05, 4.69) is 22.5 Å². The van der Waals surface area contributed by atoms with Crippen LogP contribution >= 0.6 is 0 Å². The van der Waals surface area contributed by atoms with E-state index in [9.17, 15) is 9.59 Å². The molecule has 1 aromatic heterocycles. The van der Waals surface area contributed by atoms with Crippen LogP contribution in [0.5, 0.6) is 0 Å². The molecular weight excluding hydrogens is 290 g/mol. The van der Waals surface area contributed by atoms with E-state index >= 15 is 0 Å². The molecule has 5 heteroatoms. The van der Waals surface area contributed by atoms with Crippen molar-refractivity contribution in [3.63, 3.8) is 0 Å². The molecule has 0 aliphatic carbocycles. The van der Waals surface area contributed by atoms with Crippen LogP contribution in [0.2, 0.25) is 0 Å². The molecule has 0 spiro atoms. The second-order valence-electron chi connectivity index (χ2n) is 5.30. The standard InChI is InChI=1S/C18H21N3O2/c1-3-4-10-19-17-12-15(9-11-20-17)18(23)21-16-7-5-14(6-8-16)13(2)22/h5-9,11-12H,3-4,10H2,1-2H3,(H,19,20)(H,21,23). The number of pyridine rings is 1. The minimum Gasteiger partial charge on any atom is -0.370 e. The van der Waals surface area contributed by atoms with E-state index in [1.54, 1.807) is 42.6 Å². The molecule has 23 heavy (non-hydrogen) atoms. The van der Waals surface area contributed by atoms with E-state index in [0.29, 0.717) is 22.6 Å².